The van der Waals surface area contributed by atoms with Crippen LogP contribution in [0.15, 0.2) is 30.3 Å². The summed E-state index contributed by atoms with van der Waals surface area (Å²) in [7, 11) is 0. The van der Waals surface area contributed by atoms with Gasteiger partial charge in [0.1, 0.15) is 11.6 Å². The monoisotopic (exact) mass is 253 g/mol. The molecule has 0 heterocycles. The van der Waals surface area contributed by atoms with Crippen LogP contribution < -0.4 is 5.73 Å². The lowest BCUT2D eigenvalue weighted by Gasteiger charge is -2.10. The number of nitrogens with two attached hydrogens (primary N) is 1. The number of halogens is 3. The molecule has 0 amide bonds. The maximum absolute atomic E-state index is 13.3. The fourth-order valence-corrected chi connectivity index (χ4v) is 1.89. The highest BCUT2D eigenvalue weighted by Crippen LogP contribution is 2.34. The molecule has 1 nitrogen and oxygen atoms in total. The van der Waals surface area contributed by atoms with Crippen molar-refractivity contribution in [2.75, 3.05) is 5.73 Å². The molecular formula is C13H10ClF2N. The van der Waals surface area contributed by atoms with Gasteiger partial charge in [0.05, 0.1) is 10.7 Å². The van der Waals surface area contributed by atoms with E-state index in [0.29, 0.717) is 16.7 Å². The first-order chi connectivity index (χ1) is 8.00. The van der Waals surface area contributed by atoms with Gasteiger partial charge in [0, 0.05) is 11.1 Å². The summed E-state index contributed by atoms with van der Waals surface area (Å²) in [5.74, 6) is -0.908. The van der Waals surface area contributed by atoms with Crippen molar-refractivity contribution in [3.8, 4) is 11.1 Å². The van der Waals surface area contributed by atoms with Crippen molar-refractivity contribution < 1.29 is 8.78 Å². The fraction of sp³-hybridized carbons (Fsp3) is 0.0769. The number of benzene rings is 2. The van der Waals surface area contributed by atoms with Crippen molar-refractivity contribution in [1.29, 1.82) is 0 Å². The zero-order valence-corrected chi connectivity index (χ0v) is 9.85. The van der Waals surface area contributed by atoms with Gasteiger partial charge in [-0.15, -0.1) is 0 Å². The Hall–Kier alpha value is -1.61. The van der Waals surface area contributed by atoms with Gasteiger partial charge in [0.2, 0.25) is 0 Å². The van der Waals surface area contributed by atoms with Gasteiger partial charge in [-0.1, -0.05) is 23.7 Å². The molecule has 0 atom stereocenters. The van der Waals surface area contributed by atoms with Crippen LogP contribution in [0, 0.1) is 18.6 Å². The van der Waals surface area contributed by atoms with Gasteiger partial charge in [-0.2, -0.15) is 0 Å². The predicted molar refractivity (Wildman–Crippen MR) is 66.0 cm³/mol. The van der Waals surface area contributed by atoms with Gasteiger partial charge >= 0.3 is 0 Å². The SMILES string of the molecule is Cc1cc(-c2cccc(F)c2N)c(Cl)cc1F. The molecule has 0 bridgehead atoms. The first-order valence-electron chi connectivity index (χ1n) is 5.00. The van der Waals surface area contributed by atoms with Crippen LogP contribution in [0.4, 0.5) is 14.5 Å². The summed E-state index contributed by atoms with van der Waals surface area (Å²) in [5.41, 5.74) is 7.10. The number of anilines is 1. The Bertz CT molecular complexity index is 582. The number of aryl methyl sites for hydroxylation is 1. The quantitative estimate of drug-likeness (QED) is 0.758. The third-order valence-corrected chi connectivity index (χ3v) is 2.90. The Morgan fingerprint density at radius 3 is 2.47 bits per heavy atom. The standard InChI is InChI=1S/C13H10ClF2N/c1-7-5-9(10(14)6-12(7)16)8-3-2-4-11(15)13(8)17/h2-6H,17H2,1H3. The number of hydrogen-bond acceptors (Lipinski definition) is 1. The average Bonchev–Trinajstić information content (AvgIpc) is 2.28. The number of para-hydroxylation sites is 1. The molecule has 0 aliphatic carbocycles. The fourth-order valence-electron chi connectivity index (χ4n) is 1.64. The van der Waals surface area contributed by atoms with Gasteiger partial charge in [-0.25, -0.2) is 8.78 Å². The normalized spacial score (nSPS) is 10.6. The van der Waals surface area contributed by atoms with E-state index < -0.39 is 11.6 Å². The van der Waals surface area contributed by atoms with E-state index in [-0.39, 0.29) is 10.7 Å². The lowest BCUT2D eigenvalue weighted by molar-refractivity contribution is 0.619. The van der Waals surface area contributed by atoms with Gasteiger partial charge in [0.15, 0.2) is 0 Å². The van der Waals surface area contributed by atoms with Crippen LogP contribution >= 0.6 is 11.6 Å². The smallest absolute Gasteiger partial charge is 0.146 e. The molecule has 2 aromatic rings. The largest absolute Gasteiger partial charge is 0.396 e. The first-order valence-corrected chi connectivity index (χ1v) is 5.38. The molecule has 0 fully saturated rings. The minimum atomic E-state index is -0.513. The third-order valence-electron chi connectivity index (χ3n) is 2.59. The van der Waals surface area contributed by atoms with Gasteiger partial charge < -0.3 is 5.73 Å². The van der Waals surface area contributed by atoms with E-state index in [2.05, 4.69) is 0 Å². The number of nitrogen functional groups attached to an aromatic ring is 1. The molecular weight excluding hydrogens is 244 g/mol. The van der Waals surface area contributed by atoms with Crippen molar-refractivity contribution in [3.63, 3.8) is 0 Å². The van der Waals surface area contributed by atoms with Gasteiger partial charge in [-0.05, 0) is 30.7 Å². The van der Waals surface area contributed by atoms with Crippen LogP contribution in [-0.2, 0) is 0 Å². The minimum Gasteiger partial charge on any atom is -0.396 e. The molecule has 0 radical (unpaired) electrons. The van der Waals surface area contributed by atoms with Crippen molar-refractivity contribution in [1.82, 2.24) is 0 Å². The Morgan fingerprint density at radius 2 is 1.76 bits per heavy atom. The second-order valence-electron chi connectivity index (χ2n) is 3.78. The highest BCUT2D eigenvalue weighted by molar-refractivity contribution is 6.33. The lowest BCUT2D eigenvalue weighted by Crippen LogP contribution is -1.95. The van der Waals surface area contributed by atoms with E-state index in [1.165, 1.54) is 18.2 Å². The Morgan fingerprint density at radius 1 is 1.06 bits per heavy atom. The molecule has 0 aliphatic rings. The first kappa shape index (κ1) is 11.9. The maximum atomic E-state index is 13.3. The van der Waals surface area contributed by atoms with Crippen molar-refractivity contribution in [2.45, 2.75) is 6.92 Å². The van der Waals surface area contributed by atoms with Crippen molar-refractivity contribution in [2.24, 2.45) is 0 Å². The van der Waals surface area contributed by atoms with Crippen molar-refractivity contribution >= 4 is 17.3 Å². The number of hydrogen-bond donors (Lipinski definition) is 1. The van der Waals surface area contributed by atoms with Crippen LogP contribution in [-0.4, -0.2) is 0 Å². The Kier molecular flexibility index (Phi) is 3.03. The summed E-state index contributed by atoms with van der Waals surface area (Å²) in [4.78, 5) is 0. The third kappa shape index (κ3) is 2.11. The van der Waals surface area contributed by atoms with Gasteiger partial charge in [0.25, 0.3) is 0 Å². The average molecular weight is 254 g/mol. The van der Waals surface area contributed by atoms with E-state index in [1.54, 1.807) is 19.1 Å². The zero-order valence-electron chi connectivity index (χ0n) is 9.10. The second kappa shape index (κ2) is 4.34. The summed E-state index contributed by atoms with van der Waals surface area (Å²) < 4.78 is 26.6. The molecule has 2 N–H and O–H groups in total. The Balaban J connectivity index is 2.69. The van der Waals surface area contributed by atoms with Crippen LogP contribution in [0.2, 0.25) is 5.02 Å². The molecule has 2 aromatic carbocycles. The maximum Gasteiger partial charge on any atom is 0.146 e. The van der Waals surface area contributed by atoms with E-state index in [0.717, 1.165) is 0 Å². The van der Waals surface area contributed by atoms with E-state index >= 15 is 0 Å². The predicted octanol–water partition coefficient (Wildman–Crippen LogP) is 4.18. The van der Waals surface area contributed by atoms with Crippen LogP contribution in [0.3, 0.4) is 0 Å². The molecule has 0 unspecified atom stereocenters. The second-order valence-corrected chi connectivity index (χ2v) is 4.19. The summed E-state index contributed by atoms with van der Waals surface area (Å²) in [5, 5.41) is 0.213. The number of rotatable bonds is 1. The molecule has 0 aliphatic heterocycles. The molecule has 0 aromatic heterocycles. The summed E-state index contributed by atoms with van der Waals surface area (Å²) >= 11 is 5.94. The molecule has 17 heavy (non-hydrogen) atoms. The molecule has 0 saturated carbocycles. The van der Waals surface area contributed by atoms with Crippen molar-refractivity contribution in [3.05, 3.63) is 52.6 Å². The van der Waals surface area contributed by atoms with Crippen LogP contribution in [0.5, 0.6) is 0 Å². The van der Waals surface area contributed by atoms with E-state index in [4.69, 9.17) is 17.3 Å². The van der Waals surface area contributed by atoms with E-state index in [9.17, 15) is 8.78 Å². The minimum absolute atomic E-state index is 0.0143. The molecule has 2 rings (SSSR count). The Labute approximate surface area is 103 Å². The van der Waals surface area contributed by atoms with Gasteiger partial charge in [-0.3, -0.25) is 0 Å². The summed E-state index contributed by atoms with van der Waals surface area (Å²) in [6, 6.07) is 7.22. The topological polar surface area (TPSA) is 26.0 Å². The highest BCUT2D eigenvalue weighted by atomic mass is 35.5. The highest BCUT2D eigenvalue weighted by Gasteiger charge is 2.12. The molecule has 0 saturated heterocycles. The molecule has 0 spiro atoms. The van der Waals surface area contributed by atoms with E-state index in [1.807, 2.05) is 0 Å². The molecule has 4 heteroatoms. The summed E-state index contributed by atoms with van der Waals surface area (Å²) in [6.07, 6.45) is 0. The lowest BCUT2D eigenvalue weighted by atomic mass is 10.0. The molecule has 88 valence electrons. The summed E-state index contributed by atoms with van der Waals surface area (Å²) in [6.45, 7) is 1.62. The van der Waals surface area contributed by atoms with Crippen LogP contribution in [0.25, 0.3) is 11.1 Å². The van der Waals surface area contributed by atoms with Crippen LogP contribution in [0.1, 0.15) is 5.56 Å². The zero-order chi connectivity index (χ0) is 12.6.